The number of benzene rings is 2. The van der Waals surface area contributed by atoms with Gasteiger partial charge in [0.05, 0.1) is 16.2 Å². The second-order valence-electron chi connectivity index (χ2n) is 6.26. The van der Waals surface area contributed by atoms with Gasteiger partial charge < -0.3 is 9.73 Å². The van der Waals surface area contributed by atoms with Crippen LogP contribution in [0.5, 0.6) is 0 Å². The van der Waals surface area contributed by atoms with Crippen LogP contribution < -0.4 is 10.9 Å². The number of anilines is 1. The first-order chi connectivity index (χ1) is 15.0. The molecule has 2 aromatic carbocycles. The van der Waals surface area contributed by atoms with Crippen LogP contribution in [0.1, 0.15) is 5.01 Å². The molecule has 0 amide bonds. The summed E-state index contributed by atoms with van der Waals surface area (Å²) >= 11 is 4.56. The standard InChI is InChI=1S/C21H11BrN4O4S/c22-14-5-6-19-12(7-14)8-15(21(27)30-19)17-11-31-20(25-17)13(9-23)10-24-16-3-1-2-4-18(16)26(28)29/h1-8,10-11,24H. The molecule has 31 heavy (non-hydrogen) atoms. The van der Waals surface area contributed by atoms with E-state index < -0.39 is 10.5 Å². The summed E-state index contributed by atoms with van der Waals surface area (Å²) in [6, 6.07) is 15.1. The molecule has 4 rings (SSSR count). The maximum atomic E-state index is 12.4. The smallest absolute Gasteiger partial charge is 0.345 e. The van der Waals surface area contributed by atoms with Crippen LogP contribution in [0.25, 0.3) is 27.8 Å². The molecule has 0 spiro atoms. The molecule has 1 N–H and O–H groups in total. The van der Waals surface area contributed by atoms with Gasteiger partial charge in [-0.2, -0.15) is 5.26 Å². The van der Waals surface area contributed by atoms with Crippen LogP contribution in [0.3, 0.4) is 0 Å². The average molecular weight is 495 g/mol. The van der Waals surface area contributed by atoms with Crippen LogP contribution in [0.2, 0.25) is 0 Å². The molecule has 0 aliphatic rings. The van der Waals surface area contributed by atoms with Crippen molar-refractivity contribution in [3.8, 4) is 17.3 Å². The van der Waals surface area contributed by atoms with Gasteiger partial charge in [0, 0.05) is 27.5 Å². The number of nitrogens with zero attached hydrogens (tertiary/aromatic N) is 3. The Hall–Kier alpha value is -3.81. The third-order valence-corrected chi connectivity index (χ3v) is 5.67. The highest BCUT2D eigenvalue weighted by Gasteiger charge is 2.15. The summed E-state index contributed by atoms with van der Waals surface area (Å²) in [5.41, 5.74) is 0.876. The van der Waals surface area contributed by atoms with Crippen LogP contribution in [0, 0.1) is 21.4 Å². The van der Waals surface area contributed by atoms with E-state index in [4.69, 9.17) is 4.42 Å². The van der Waals surface area contributed by atoms with E-state index in [0.29, 0.717) is 16.3 Å². The molecule has 4 aromatic rings. The first kappa shape index (κ1) is 20.5. The van der Waals surface area contributed by atoms with Crippen molar-refractivity contribution in [2.45, 2.75) is 0 Å². The zero-order chi connectivity index (χ0) is 22.0. The van der Waals surface area contributed by atoms with Gasteiger partial charge in [-0.3, -0.25) is 10.1 Å². The van der Waals surface area contributed by atoms with E-state index in [1.165, 1.54) is 29.7 Å². The Labute approximate surface area is 187 Å². The zero-order valence-corrected chi connectivity index (χ0v) is 17.9. The lowest BCUT2D eigenvalue weighted by atomic mass is 10.1. The Morgan fingerprint density at radius 2 is 2.10 bits per heavy atom. The predicted molar refractivity (Wildman–Crippen MR) is 122 cm³/mol. The van der Waals surface area contributed by atoms with Crippen molar-refractivity contribution >= 4 is 55.2 Å². The topological polar surface area (TPSA) is 122 Å². The highest BCUT2D eigenvalue weighted by Crippen LogP contribution is 2.28. The lowest BCUT2D eigenvalue weighted by molar-refractivity contribution is -0.383. The summed E-state index contributed by atoms with van der Waals surface area (Å²) in [6.07, 6.45) is 1.35. The second kappa shape index (κ2) is 8.51. The van der Waals surface area contributed by atoms with Gasteiger partial charge in [-0.15, -0.1) is 11.3 Å². The number of para-hydroxylation sites is 2. The van der Waals surface area contributed by atoms with E-state index in [9.17, 15) is 20.2 Å². The van der Waals surface area contributed by atoms with E-state index in [1.807, 2.05) is 12.1 Å². The number of aromatic nitrogens is 1. The molecule has 0 aliphatic carbocycles. The normalized spacial score (nSPS) is 11.3. The van der Waals surface area contributed by atoms with Crippen molar-refractivity contribution in [3.05, 3.63) is 90.1 Å². The van der Waals surface area contributed by atoms with Crippen molar-refractivity contribution in [2.75, 3.05) is 5.32 Å². The predicted octanol–water partition coefficient (Wildman–Crippen LogP) is 5.56. The van der Waals surface area contributed by atoms with Gasteiger partial charge in [0.25, 0.3) is 5.69 Å². The van der Waals surface area contributed by atoms with Gasteiger partial charge in [-0.1, -0.05) is 28.1 Å². The molecule has 10 heteroatoms. The highest BCUT2D eigenvalue weighted by molar-refractivity contribution is 9.10. The Morgan fingerprint density at radius 1 is 1.29 bits per heavy atom. The molecule has 2 heterocycles. The minimum atomic E-state index is -0.535. The molecule has 152 valence electrons. The summed E-state index contributed by atoms with van der Waals surface area (Å²) in [5, 5.41) is 26.2. The van der Waals surface area contributed by atoms with Crippen molar-refractivity contribution < 1.29 is 9.34 Å². The SMILES string of the molecule is N#CC(=CNc1ccccc1[N+](=O)[O-])c1nc(-c2cc3cc(Br)ccc3oc2=O)cs1. The molecule has 0 aliphatic heterocycles. The number of nitro groups is 1. The van der Waals surface area contributed by atoms with Gasteiger partial charge in [0.2, 0.25) is 0 Å². The fourth-order valence-electron chi connectivity index (χ4n) is 2.84. The molecule has 0 saturated heterocycles. The van der Waals surface area contributed by atoms with Crippen molar-refractivity contribution in [3.63, 3.8) is 0 Å². The van der Waals surface area contributed by atoms with E-state index in [-0.39, 0.29) is 22.5 Å². The lowest BCUT2D eigenvalue weighted by Gasteiger charge is -2.02. The highest BCUT2D eigenvalue weighted by atomic mass is 79.9. The summed E-state index contributed by atoms with van der Waals surface area (Å²) in [6.45, 7) is 0. The Balaban J connectivity index is 1.68. The summed E-state index contributed by atoms with van der Waals surface area (Å²) in [4.78, 5) is 27.4. The average Bonchev–Trinajstić information content (AvgIpc) is 3.24. The van der Waals surface area contributed by atoms with E-state index >= 15 is 0 Å². The summed E-state index contributed by atoms with van der Waals surface area (Å²) in [7, 11) is 0. The lowest BCUT2D eigenvalue weighted by Crippen LogP contribution is -2.03. The molecule has 0 unspecified atom stereocenters. The van der Waals surface area contributed by atoms with Crippen molar-refractivity contribution in [2.24, 2.45) is 0 Å². The number of nitrogens with one attached hydrogen (secondary N) is 1. The Kier molecular flexibility index (Phi) is 5.62. The number of hydrogen-bond donors (Lipinski definition) is 1. The van der Waals surface area contributed by atoms with Gasteiger partial charge in [-0.25, -0.2) is 9.78 Å². The van der Waals surface area contributed by atoms with E-state index in [0.717, 1.165) is 9.86 Å². The minimum Gasteiger partial charge on any atom is -0.422 e. The largest absolute Gasteiger partial charge is 0.422 e. The van der Waals surface area contributed by atoms with Gasteiger partial charge in [-0.05, 0) is 30.3 Å². The third-order valence-electron chi connectivity index (χ3n) is 4.30. The summed E-state index contributed by atoms with van der Waals surface area (Å²) < 4.78 is 6.21. The number of nitriles is 1. The second-order valence-corrected chi connectivity index (χ2v) is 8.03. The molecular weight excluding hydrogens is 484 g/mol. The number of fused-ring (bicyclic) bond motifs is 1. The molecular formula is C21H11BrN4O4S. The number of rotatable bonds is 5. The van der Waals surface area contributed by atoms with Crippen molar-refractivity contribution in [1.29, 1.82) is 5.26 Å². The fraction of sp³-hybridized carbons (Fsp3) is 0. The number of nitro benzene ring substituents is 1. The Bertz CT molecular complexity index is 1450. The molecule has 0 radical (unpaired) electrons. The zero-order valence-electron chi connectivity index (χ0n) is 15.5. The van der Waals surface area contributed by atoms with Crippen molar-refractivity contribution in [1.82, 2.24) is 4.98 Å². The number of thiazole rings is 1. The molecule has 0 bridgehead atoms. The maximum Gasteiger partial charge on any atom is 0.345 e. The molecule has 0 saturated carbocycles. The third kappa shape index (κ3) is 4.23. The molecule has 0 fully saturated rings. The fourth-order valence-corrected chi connectivity index (χ4v) is 4.00. The van der Waals surface area contributed by atoms with Gasteiger partial charge in [0.1, 0.15) is 27.9 Å². The maximum absolute atomic E-state index is 12.4. The number of halogens is 1. The minimum absolute atomic E-state index is 0.115. The molecule has 0 atom stereocenters. The monoisotopic (exact) mass is 494 g/mol. The van der Waals surface area contributed by atoms with Gasteiger partial charge in [0.15, 0.2) is 0 Å². The van der Waals surface area contributed by atoms with Crippen LogP contribution in [0.4, 0.5) is 11.4 Å². The van der Waals surface area contributed by atoms with Crippen LogP contribution in [-0.2, 0) is 0 Å². The molecule has 2 aromatic heterocycles. The van der Waals surface area contributed by atoms with Gasteiger partial charge >= 0.3 is 5.63 Å². The van der Waals surface area contributed by atoms with E-state index in [1.54, 1.807) is 35.7 Å². The first-order valence-corrected chi connectivity index (χ1v) is 10.4. The quantitative estimate of drug-likeness (QED) is 0.166. The first-order valence-electron chi connectivity index (χ1n) is 8.76. The Morgan fingerprint density at radius 3 is 2.87 bits per heavy atom. The number of hydrogen-bond acceptors (Lipinski definition) is 8. The molecule has 8 nitrogen and oxygen atoms in total. The van der Waals surface area contributed by atoms with E-state index in [2.05, 4.69) is 26.2 Å². The van der Waals surface area contributed by atoms with Crippen LogP contribution >= 0.6 is 27.3 Å². The van der Waals surface area contributed by atoms with Crippen LogP contribution in [-0.4, -0.2) is 9.91 Å². The summed E-state index contributed by atoms with van der Waals surface area (Å²) in [5.74, 6) is 0. The number of allylic oxidation sites excluding steroid dienone is 1. The van der Waals surface area contributed by atoms with Crippen LogP contribution in [0.15, 0.2) is 73.8 Å².